The minimum absolute atomic E-state index is 0. The van der Waals surface area contributed by atoms with E-state index in [9.17, 15) is 27.5 Å². The molecule has 1 aromatic carbocycles. The van der Waals surface area contributed by atoms with Gasteiger partial charge in [-0.3, -0.25) is 4.79 Å². The summed E-state index contributed by atoms with van der Waals surface area (Å²) in [5.41, 5.74) is 0. The van der Waals surface area contributed by atoms with Crippen molar-refractivity contribution in [3.05, 3.63) is 29.3 Å². The molecule has 10 heteroatoms. The minimum Gasteiger partial charge on any atom is -0.485 e. The maximum absolute atomic E-state index is 13.4. The normalized spacial score (nSPS) is 18.2. The molecular formula is C15H19ClF4N2O3. The Bertz CT molecular complexity index is 574. The van der Waals surface area contributed by atoms with Crippen molar-refractivity contribution < 1.29 is 32.2 Å². The molecule has 0 spiro atoms. The van der Waals surface area contributed by atoms with Crippen molar-refractivity contribution in [2.45, 2.75) is 18.9 Å². The average Bonchev–Trinajstić information content (AvgIpc) is 2.58. The number of halogens is 5. The number of hydrogen-bond acceptors (Lipinski definition) is 4. The number of hydrogen-bond donors (Lipinski definition) is 3. The molecular weight excluding hydrogens is 368 g/mol. The average molecular weight is 387 g/mol. The smallest absolute Gasteiger partial charge is 0.224 e. The van der Waals surface area contributed by atoms with Gasteiger partial charge in [-0.25, -0.2) is 8.78 Å². The summed E-state index contributed by atoms with van der Waals surface area (Å²) in [5.74, 6) is -8.27. The fourth-order valence-corrected chi connectivity index (χ4v) is 2.35. The largest absolute Gasteiger partial charge is 0.485 e. The first-order chi connectivity index (χ1) is 11.4. The number of benzene rings is 1. The predicted octanol–water partition coefficient (Wildman–Crippen LogP) is 1.52. The summed E-state index contributed by atoms with van der Waals surface area (Å²) in [4.78, 5) is 11.9. The van der Waals surface area contributed by atoms with E-state index in [1.165, 1.54) is 0 Å². The van der Waals surface area contributed by atoms with Crippen molar-refractivity contribution in [1.82, 2.24) is 10.6 Å². The summed E-state index contributed by atoms with van der Waals surface area (Å²) in [6.07, 6.45) is 0.299. The van der Waals surface area contributed by atoms with Crippen molar-refractivity contribution in [2.75, 3.05) is 26.2 Å². The Balaban J connectivity index is 0.00000312. The molecule has 1 heterocycles. The van der Waals surface area contributed by atoms with Crippen molar-refractivity contribution in [2.24, 2.45) is 5.92 Å². The van der Waals surface area contributed by atoms with Crippen molar-refractivity contribution >= 4 is 18.3 Å². The van der Waals surface area contributed by atoms with Crippen LogP contribution in [-0.4, -0.2) is 43.4 Å². The van der Waals surface area contributed by atoms with Gasteiger partial charge in [-0.1, -0.05) is 0 Å². The number of ether oxygens (including phenoxy) is 1. The molecule has 5 nitrogen and oxygen atoms in total. The van der Waals surface area contributed by atoms with E-state index in [1.807, 2.05) is 0 Å². The van der Waals surface area contributed by atoms with Crippen LogP contribution >= 0.6 is 12.4 Å². The maximum Gasteiger partial charge on any atom is 0.224 e. The number of carbonyl (C=O) groups is 1. The molecule has 25 heavy (non-hydrogen) atoms. The van der Waals surface area contributed by atoms with Gasteiger partial charge in [-0.15, -0.1) is 12.4 Å². The van der Waals surface area contributed by atoms with E-state index in [0.29, 0.717) is 6.54 Å². The SMILES string of the molecule is Cl.O=C(NCC(O)COc1c(F)c(F)cc(F)c1F)C1CCCNC1. The van der Waals surface area contributed by atoms with Crippen molar-refractivity contribution in [3.63, 3.8) is 0 Å². The van der Waals surface area contributed by atoms with Crippen LogP contribution in [0.4, 0.5) is 17.6 Å². The molecule has 0 bridgehead atoms. The van der Waals surface area contributed by atoms with Crippen LogP contribution in [0.2, 0.25) is 0 Å². The molecule has 1 fully saturated rings. The van der Waals surface area contributed by atoms with Crippen LogP contribution in [0.1, 0.15) is 12.8 Å². The van der Waals surface area contributed by atoms with Gasteiger partial charge in [0.25, 0.3) is 0 Å². The molecule has 0 saturated carbocycles. The highest BCUT2D eigenvalue weighted by Gasteiger charge is 2.23. The zero-order chi connectivity index (χ0) is 17.7. The zero-order valence-corrected chi connectivity index (χ0v) is 14.0. The lowest BCUT2D eigenvalue weighted by molar-refractivity contribution is -0.126. The van der Waals surface area contributed by atoms with Gasteiger partial charge in [-0.05, 0) is 19.4 Å². The number of nitrogens with one attached hydrogen (secondary N) is 2. The topological polar surface area (TPSA) is 70.6 Å². The summed E-state index contributed by atoms with van der Waals surface area (Å²) >= 11 is 0. The van der Waals surface area contributed by atoms with E-state index in [0.717, 1.165) is 19.4 Å². The van der Waals surface area contributed by atoms with Crippen molar-refractivity contribution in [3.8, 4) is 5.75 Å². The number of amides is 1. The van der Waals surface area contributed by atoms with Crippen LogP contribution in [0.5, 0.6) is 5.75 Å². The molecule has 142 valence electrons. The van der Waals surface area contributed by atoms with E-state index in [-0.39, 0.29) is 36.8 Å². The number of aliphatic hydroxyl groups is 1. The molecule has 1 aromatic rings. The Kier molecular flexibility index (Phi) is 8.40. The number of rotatable bonds is 6. The zero-order valence-electron chi connectivity index (χ0n) is 13.2. The highest BCUT2D eigenvalue weighted by molar-refractivity contribution is 5.85. The molecule has 2 atom stereocenters. The molecule has 1 saturated heterocycles. The van der Waals surface area contributed by atoms with Gasteiger partial charge in [-0.2, -0.15) is 8.78 Å². The Morgan fingerprint density at radius 3 is 2.52 bits per heavy atom. The van der Waals surface area contributed by atoms with E-state index in [1.54, 1.807) is 0 Å². The summed E-state index contributed by atoms with van der Waals surface area (Å²) < 4.78 is 57.4. The molecule has 0 aliphatic carbocycles. The molecule has 2 unspecified atom stereocenters. The van der Waals surface area contributed by atoms with Gasteiger partial charge in [0, 0.05) is 19.2 Å². The van der Waals surface area contributed by atoms with Gasteiger partial charge in [0.15, 0.2) is 17.4 Å². The standard InChI is InChI=1S/C15H18F4N2O3.ClH/c16-10-4-11(17)13(19)14(12(10)18)24-7-9(22)6-21-15(23)8-2-1-3-20-5-8;/h4,8-9,20,22H,1-3,5-7H2,(H,21,23);1H. The van der Waals surface area contributed by atoms with Gasteiger partial charge < -0.3 is 20.5 Å². The Morgan fingerprint density at radius 1 is 1.32 bits per heavy atom. The second-order valence-corrected chi connectivity index (χ2v) is 5.55. The molecule has 3 N–H and O–H groups in total. The van der Waals surface area contributed by atoms with Crippen LogP contribution in [0.3, 0.4) is 0 Å². The lowest BCUT2D eigenvalue weighted by atomic mass is 9.99. The second kappa shape index (κ2) is 9.79. The lowest BCUT2D eigenvalue weighted by Crippen LogP contribution is -2.43. The quantitative estimate of drug-likeness (QED) is 0.512. The van der Waals surface area contributed by atoms with Crippen LogP contribution < -0.4 is 15.4 Å². The third-order valence-corrected chi connectivity index (χ3v) is 3.67. The van der Waals surface area contributed by atoms with E-state index in [4.69, 9.17) is 0 Å². The van der Waals surface area contributed by atoms with Crippen LogP contribution in [0.25, 0.3) is 0 Å². The first-order valence-corrected chi connectivity index (χ1v) is 7.52. The van der Waals surface area contributed by atoms with Gasteiger partial charge in [0.2, 0.25) is 17.5 Å². The Morgan fingerprint density at radius 2 is 1.96 bits per heavy atom. The van der Waals surface area contributed by atoms with Crippen LogP contribution in [0, 0.1) is 29.2 Å². The van der Waals surface area contributed by atoms with Crippen LogP contribution in [0.15, 0.2) is 6.07 Å². The summed E-state index contributed by atoms with van der Waals surface area (Å²) in [6, 6.07) is 0.0619. The van der Waals surface area contributed by atoms with E-state index in [2.05, 4.69) is 15.4 Å². The number of aliphatic hydroxyl groups excluding tert-OH is 1. The summed E-state index contributed by atoms with van der Waals surface area (Å²) in [5, 5.41) is 15.3. The molecule has 1 amide bonds. The monoisotopic (exact) mass is 386 g/mol. The molecule has 1 aliphatic heterocycles. The van der Waals surface area contributed by atoms with Crippen molar-refractivity contribution in [1.29, 1.82) is 0 Å². The first kappa shape index (κ1) is 21.5. The summed E-state index contributed by atoms with van der Waals surface area (Å²) in [6.45, 7) is 0.537. The third-order valence-electron chi connectivity index (χ3n) is 3.67. The van der Waals surface area contributed by atoms with Gasteiger partial charge in [0.1, 0.15) is 12.7 Å². The molecule has 0 radical (unpaired) electrons. The first-order valence-electron chi connectivity index (χ1n) is 7.52. The third kappa shape index (κ3) is 5.72. The fraction of sp³-hybridized carbons (Fsp3) is 0.533. The molecule has 2 rings (SSSR count). The molecule has 0 aromatic heterocycles. The van der Waals surface area contributed by atoms with Gasteiger partial charge in [0.05, 0.1) is 5.92 Å². The number of piperidine rings is 1. The maximum atomic E-state index is 13.4. The van der Waals surface area contributed by atoms with Gasteiger partial charge >= 0.3 is 0 Å². The second-order valence-electron chi connectivity index (χ2n) is 5.55. The van der Waals surface area contributed by atoms with E-state index < -0.39 is 41.7 Å². The molecule has 1 aliphatic rings. The lowest BCUT2D eigenvalue weighted by Gasteiger charge is -2.22. The Labute approximate surface area is 148 Å². The summed E-state index contributed by atoms with van der Waals surface area (Å²) in [7, 11) is 0. The van der Waals surface area contributed by atoms with Crippen LogP contribution in [-0.2, 0) is 4.79 Å². The van der Waals surface area contributed by atoms with E-state index >= 15 is 0 Å². The fourth-order valence-electron chi connectivity index (χ4n) is 2.35. The minimum atomic E-state index is -1.68. The number of carbonyl (C=O) groups excluding carboxylic acids is 1. The predicted molar refractivity (Wildman–Crippen MR) is 83.6 cm³/mol. The highest BCUT2D eigenvalue weighted by Crippen LogP contribution is 2.26. The highest BCUT2D eigenvalue weighted by atomic mass is 35.5. The Hall–Kier alpha value is -1.58.